The third-order valence-electron chi connectivity index (χ3n) is 3.98. The molecule has 2 amide bonds. The molecule has 0 spiro atoms. The van der Waals surface area contributed by atoms with Crippen molar-refractivity contribution in [2.24, 2.45) is 11.8 Å². The molecule has 20 heavy (non-hydrogen) atoms. The van der Waals surface area contributed by atoms with Crippen LogP contribution in [0.4, 0.5) is 4.79 Å². The predicted molar refractivity (Wildman–Crippen MR) is 79.4 cm³/mol. The second kappa shape index (κ2) is 7.92. The molecule has 2 rings (SSSR count). The molecule has 112 valence electrons. The van der Waals surface area contributed by atoms with Gasteiger partial charge in [-0.15, -0.1) is 0 Å². The molecule has 1 aliphatic carbocycles. The zero-order valence-corrected chi connectivity index (χ0v) is 12.3. The Labute approximate surface area is 121 Å². The molecule has 0 unspecified atom stereocenters. The molecule has 1 saturated carbocycles. The summed E-state index contributed by atoms with van der Waals surface area (Å²) in [6.45, 7) is 4.41. The molecule has 1 aromatic rings. The van der Waals surface area contributed by atoms with Crippen LogP contribution in [-0.4, -0.2) is 28.9 Å². The monoisotopic (exact) mass is 278 g/mol. The maximum Gasteiger partial charge on any atom is 0.314 e. The van der Waals surface area contributed by atoms with Gasteiger partial charge in [0.1, 0.15) is 0 Å². The summed E-state index contributed by atoms with van der Waals surface area (Å²) in [6.07, 6.45) is 10.2. The molecule has 0 saturated heterocycles. The molecule has 1 aromatic heterocycles. The minimum Gasteiger partial charge on any atom is -0.338 e. The number of hydrogen-bond acceptors (Lipinski definition) is 2. The molecule has 1 aliphatic rings. The van der Waals surface area contributed by atoms with Crippen molar-refractivity contribution < 1.29 is 4.79 Å². The minimum atomic E-state index is -0.0460. The zero-order chi connectivity index (χ0) is 14.2. The van der Waals surface area contributed by atoms with Gasteiger partial charge in [-0.25, -0.2) is 4.79 Å². The van der Waals surface area contributed by atoms with Crippen LogP contribution < -0.4 is 10.6 Å². The third kappa shape index (κ3) is 5.23. The quantitative estimate of drug-likeness (QED) is 0.804. The molecular weight excluding hydrogens is 252 g/mol. The zero-order valence-electron chi connectivity index (χ0n) is 12.3. The summed E-state index contributed by atoms with van der Waals surface area (Å²) in [5, 5.41) is 10.0. The highest BCUT2D eigenvalue weighted by Gasteiger charge is 2.14. The Bertz CT molecular complexity index is 385. The number of rotatable bonds is 7. The van der Waals surface area contributed by atoms with Crippen LogP contribution in [0.15, 0.2) is 18.5 Å². The van der Waals surface area contributed by atoms with Crippen molar-refractivity contribution in [2.45, 2.75) is 45.6 Å². The van der Waals surface area contributed by atoms with Crippen LogP contribution in [-0.2, 0) is 6.54 Å². The fraction of sp³-hybridized carbons (Fsp3) is 0.733. The molecule has 0 aliphatic heterocycles. The highest BCUT2D eigenvalue weighted by atomic mass is 16.2. The van der Waals surface area contributed by atoms with Crippen LogP contribution in [0.25, 0.3) is 0 Å². The largest absolute Gasteiger partial charge is 0.338 e. The van der Waals surface area contributed by atoms with E-state index in [-0.39, 0.29) is 6.03 Å². The minimum absolute atomic E-state index is 0.0460. The Morgan fingerprint density at radius 3 is 2.90 bits per heavy atom. The summed E-state index contributed by atoms with van der Waals surface area (Å²) >= 11 is 0. The summed E-state index contributed by atoms with van der Waals surface area (Å²) in [4.78, 5) is 11.7. The first-order chi connectivity index (χ1) is 9.74. The van der Waals surface area contributed by atoms with Crippen LogP contribution in [0.2, 0.25) is 0 Å². The van der Waals surface area contributed by atoms with Crippen molar-refractivity contribution in [2.75, 3.05) is 13.1 Å². The van der Waals surface area contributed by atoms with E-state index >= 15 is 0 Å². The average Bonchev–Trinajstić information content (AvgIpc) is 3.09. The van der Waals surface area contributed by atoms with Crippen LogP contribution in [0.3, 0.4) is 0 Å². The summed E-state index contributed by atoms with van der Waals surface area (Å²) in [6, 6.07) is 1.87. The van der Waals surface area contributed by atoms with Crippen molar-refractivity contribution in [3.8, 4) is 0 Å². The summed E-state index contributed by atoms with van der Waals surface area (Å²) in [5.74, 6) is 1.20. The Kier molecular flexibility index (Phi) is 5.89. The number of amides is 2. The van der Waals surface area contributed by atoms with E-state index < -0.39 is 0 Å². The molecule has 1 atom stereocenters. The lowest BCUT2D eigenvalue weighted by molar-refractivity contribution is 0.237. The topological polar surface area (TPSA) is 59.0 Å². The Morgan fingerprint density at radius 2 is 2.20 bits per heavy atom. The van der Waals surface area contributed by atoms with Crippen molar-refractivity contribution in [3.63, 3.8) is 0 Å². The lowest BCUT2D eigenvalue weighted by Gasteiger charge is -2.14. The number of nitrogens with zero attached hydrogens (tertiary/aromatic N) is 2. The van der Waals surface area contributed by atoms with E-state index in [2.05, 4.69) is 22.7 Å². The standard InChI is InChI=1S/C15H26N4O/c1-13(12-19-10-4-8-18-19)11-17-15(20)16-9-7-14-5-2-3-6-14/h4,8,10,13-14H,2-3,5-7,9,11-12H2,1H3,(H2,16,17,20)/t13-/m1/s1. The van der Waals surface area contributed by atoms with Crippen molar-refractivity contribution in [3.05, 3.63) is 18.5 Å². The van der Waals surface area contributed by atoms with Gasteiger partial charge in [-0.1, -0.05) is 32.6 Å². The Balaban J connectivity index is 1.52. The van der Waals surface area contributed by atoms with Gasteiger partial charge in [-0.05, 0) is 24.3 Å². The van der Waals surface area contributed by atoms with Gasteiger partial charge < -0.3 is 10.6 Å². The van der Waals surface area contributed by atoms with Crippen LogP contribution >= 0.6 is 0 Å². The van der Waals surface area contributed by atoms with Gasteiger partial charge in [0.05, 0.1) is 0 Å². The predicted octanol–water partition coefficient (Wildman–Crippen LogP) is 2.40. The van der Waals surface area contributed by atoms with Crippen LogP contribution in [0.5, 0.6) is 0 Å². The highest BCUT2D eigenvalue weighted by molar-refractivity contribution is 5.73. The Hall–Kier alpha value is -1.52. The lowest BCUT2D eigenvalue weighted by atomic mass is 10.0. The van der Waals surface area contributed by atoms with Gasteiger partial charge >= 0.3 is 6.03 Å². The number of carbonyl (C=O) groups excluding carboxylic acids is 1. The molecule has 5 heteroatoms. The average molecular weight is 278 g/mol. The molecule has 2 N–H and O–H groups in total. The summed E-state index contributed by atoms with van der Waals surface area (Å²) < 4.78 is 1.89. The molecule has 1 heterocycles. The number of urea groups is 1. The molecule has 5 nitrogen and oxygen atoms in total. The van der Waals surface area contributed by atoms with E-state index in [1.807, 2.05) is 16.9 Å². The second-order valence-corrected chi connectivity index (χ2v) is 5.91. The van der Waals surface area contributed by atoms with Crippen LogP contribution in [0, 0.1) is 11.8 Å². The Morgan fingerprint density at radius 1 is 1.40 bits per heavy atom. The van der Waals surface area contributed by atoms with E-state index in [1.54, 1.807) is 6.20 Å². The third-order valence-corrected chi connectivity index (χ3v) is 3.98. The van der Waals surface area contributed by atoms with E-state index in [1.165, 1.54) is 25.7 Å². The first kappa shape index (κ1) is 14.9. The van der Waals surface area contributed by atoms with Gasteiger partial charge in [-0.3, -0.25) is 4.68 Å². The fourth-order valence-corrected chi connectivity index (χ4v) is 2.81. The smallest absolute Gasteiger partial charge is 0.314 e. The van der Waals surface area contributed by atoms with Gasteiger partial charge in [0.15, 0.2) is 0 Å². The highest BCUT2D eigenvalue weighted by Crippen LogP contribution is 2.26. The molecule has 0 aromatic carbocycles. The lowest BCUT2D eigenvalue weighted by Crippen LogP contribution is -2.39. The maximum absolute atomic E-state index is 11.7. The van der Waals surface area contributed by atoms with Gasteiger partial charge in [0.25, 0.3) is 0 Å². The van der Waals surface area contributed by atoms with Gasteiger partial charge in [-0.2, -0.15) is 5.10 Å². The number of aromatic nitrogens is 2. The summed E-state index contributed by atoms with van der Waals surface area (Å²) in [7, 11) is 0. The molecule has 0 radical (unpaired) electrons. The van der Waals surface area contributed by atoms with E-state index in [4.69, 9.17) is 0 Å². The van der Waals surface area contributed by atoms with E-state index in [0.29, 0.717) is 12.5 Å². The first-order valence-corrected chi connectivity index (χ1v) is 7.73. The SMILES string of the molecule is C[C@H](CNC(=O)NCCC1CCCC1)Cn1cccn1. The maximum atomic E-state index is 11.7. The fourth-order valence-electron chi connectivity index (χ4n) is 2.81. The van der Waals surface area contributed by atoms with E-state index in [9.17, 15) is 4.79 Å². The van der Waals surface area contributed by atoms with Crippen molar-refractivity contribution >= 4 is 6.03 Å². The molecule has 0 bridgehead atoms. The first-order valence-electron chi connectivity index (χ1n) is 7.73. The number of carbonyl (C=O) groups is 1. The number of nitrogens with one attached hydrogen (secondary N) is 2. The van der Waals surface area contributed by atoms with Crippen molar-refractivity contribution in [1.82, 2.24) is 20.4 Å². The van der Waals surface area contributed by atoms with E-state index in [0.717, 1.165) is 25.4 Å². The normalized spacial score (nSPS) is 17.1. The molecule has 1 fully saturated rings. The number of hydrogen-bond donors (Lipinski definition) is 2. The van der Waals surface area contributed by atoms with Gasteiger partial charge in [0, 0.05) is 32.0 Å². The summed E-state index contributed by atoms with van der Waals surface area (Å²) in [5.41, 5.74) is 0. The van der Waals surface area contributed by atoms with Crippen LogP contribution in [0.1, 0.15) is 39.0 Å². The van der Waals surface area contributed by atoms with Crippen molar-refractivity contribution in [1.29, 1.82) is 0 Å². The second-order valence-electron chi connectivity index (χ2n) is 5.91. The molecular formula is C15H26N4O. The van der Waals surface area contributed by atoms with Gasteiger partial charge in [0.2, 0.25) is 0 Å².